The second-order valence-corrected chi connectivity index (χ2v) is 6.69. The van der Waals surface area contributed by atoms with Gasteiger partial charge in [0, 0.05) is 23.7 Å². The van der Waals surface area contributed by atoms with E-state index in [1.165, 1.54) is 17.2 Å². The number of aryl methyl sites for hydroxylation is 1. The van der Waals surface area contributed by atoms with Gasteiger partial charge in [-0.3, -0.25) is 20.7 Å². The van der Waals surface area contributed by atoms with Crippen molar-refractivity contribution in [2.24, 2.45) is 0 Å². The number of hydrogen-bond donors (Lipinski definition) is 2. The van der Waals surface area contributed by atoms with E-state index in [-0.39, 0.29) is 29.1 Å². The first kappa shape index (κ1) is 15.9. The van der Waals surface area contributed by atoms with Crippen LogP contribution in [0, 0.1) is 22.5 Å². The maximum Gasteiger partial charge on any atom is 0.148 e. The Morgan fingerprint density at radius 3 is 2.60 bits per heavy atom. The number of nitrogens with one attached hydrogen (secondary N) is 2. The summed E-state index contributed by atoms with van der Waals surface area (Å²) in [5.41, 5.74) is 2.88. The van der Waals surface area contributed by atoms with Crippen molar-refractivity contribution in [2.75, 3.05) is 4.90 Å². The second kappa shape index (κ2) is 5.72. The molecule has 1 fully saturated rings. The number of pyridine rings is 1. The summed E-state index contributed by atoms with van der Waals surface area (Å²) in [6, 6.07) is 3.22. The molecule has 1 aliphatic carbocycles. The minimum atomic E-state index is -0.491. The average molecular weight is 340 g/mol. The van der Waals surface area contributed by atoms with Gasteiger partial charge in [-0.05, 0) is 55.4 Å². The molecule has 0 radical (unpaired) electrons. The molecule has 4 rings (SSSR count). The number of benzene rings is 1. The molecule has 1 aromatic carbocycles. The monoisotopic (exact) mass is 340 g/mol. The average Bonchev–Trinajstić information content (AvgIpc) is 3.39. The number of nitrogens with zero attached hydrogens (tertiary/aromatic N) is 2. The molecule has 0 saturated heterocycles. The van der Waals surface area contributed by atoms with E-state index in [4.69, 9.17) is 10.8 Å². The highest BCUT2D eigenvalue weighted by Gasteiger charge is 2.31. The van der Waals surface area contributed by atoms with Gasteiger partial charge in [-0.1, -0.05) is 0 Å². The SMILES string of the molecule is CC(=N)N1C(=N)CCc2cc(-c3cncc(F)c3C3CC3)cc(F)c21. The summed E-state index contributed by atoms with van der Waals surface area (Å²) in [5, 5.41) is 15.9. The largest absolute Gasteiger partial charge is 0.288 e. The summed E-state index contributed by atoms with van der Waals surface area (Å²) in [6.07, 6.45) is 5.68. The molecule has 0 amide bonds. The van der Waals surface area contributed by atoms with Crippen molar-refractivity contribution >= 4 is 17.4 Å². The van der Waals surface area contributed by atoms with Gasteiger partial charge in [0.25, 0.3) is 0 Å². The van der Waals surface area contributed by atoms with Crippen LogP contribution in [0.3, 0.4) is 0 Å². The molecule has 0 unspecified atom stereocenters. The van der Waals surface area contributed by atoms with E-state index < -0.39 is 5.82 Å². The number of aromatic nitrogens is 1. The predicted molar refractivity (Wildman–Crippen MR) is 93.5 cm³/mol. The van der Waals surface area contributed by atoms with E-state index in [1.807, 2.05) is 6.07 Å². The molecule has 128 valence electrons. The summed E-state index contributed by atoms with van der Waals surface area (Å²) in [7, 11) is 0. The summed E-state index contributed by atoms with van der Waals surface area (Å²) in [5.74, 6) is -0.307. The minimum Gasteiger partial charge on any atom is -0.288 e. The van der Waals surface area contributed by atoms with Crippen LogP contribution in [0.4, 0.5) is 14.5 Å². The zero-order valence-electron chi connectivity index (χ0n) is 13.9. The summed E-state index contributed by atoms with van der Waals surface area (Å²) < 4.78 is 29.2. The first-order valence-electron chi connectivity index (χ1n) is 8.36. The third-order valence-electron chi connectivity index (χ3n) is 4.84. The number of fused-ring (bicyclic) bond motifs is 1. The van der Waals surface area contributed by atoms with Crippen LogP contribution in [0.5, 0.6) is 0 Å². The highest BCUT2D eigenvalue weighted by Crippen LogP contribution is 2.46. The van der Waals surface area contributed by atoms with Crippen molar-refractivity contribution in [3.8, 4) is 11.1 Å². The predicted octanol–water partition coefficient (Wildman–Crippen LogP) is 4.63. The van der Waals surface area contributed by atoms with Gasteiger partial charge in [-0.15, -0.1) is 0 Å². The van der Waals surface area contributed by atoms with Crippen LogP contribution in [-0.4, -0.2) is 16.7 Å². The Labute approximate surface area is 144 Å². The fourth-order valence-corrected chi connectivity index (χ4v) is 3.58. The maximum atomic E-state index is 14.9. The molecular weight excluding hydrogens is 322 g/mol. The highest BCUT2D eigenvalue weighted by molar-refractivity contribution is 6.17. The van der Waals surface area contributed by atoms with Gasteiger partial charge in [0.1, 0.15) is 23.3 Å². The highest BCUT2D eigenvalue weighted by atomic mass is 19.1. The van der Waals surface area contributed by atoms with Crippen molar-refractivity contribution in [3.05, 3.63) is 47.3 Å². The number of amidine groups is 2. The Bertz CT molecular complexity index is 903. The van der Waals surface area contributed by atoms with E-state index in [0.717, 1.165) is 18.4 Å². The van der Waals surface area contributed by atoms with Crippen molar-refractivity contribution in [3.63, 3.8) is 0 Å². The molecule has 4 nitrogen and oxygen atoms in total. The molecular formula is C19H18F2N4. The normalized spacial score (nSPS) is 16.8. The fraction of sp³-hybridized carbons (Fsp3) is 0.316. The van der Waals surface area contributed by atoms with Crippen molar-refractivity contribution in [1.82, 2.24) is 4.98 Å². The number of halogens is 2. The van der Waals surface area contributed by atoms with E-state index in [1.54, 1.807) is 13.1 Å². The third kappa shape index (κ3) is 2.62. The molecule has 25 heavy (non-hydrogen) atoms. The lowest BCUT2D eigenvalue weighted by atomic mass is 9.92. The standard InChI is InChI=1S/C19H18F2N4/c1-10(22)25-17(23)5-4-12-6-13(7-15(20)19(12)25)14-8-24-9-16(21)18(14)11-2-3-11/h6-9,11,22-23H,2-5H2,1H3. The molecule has 0 spiro atoms. The Balaban J connectivity index is 1.88. The lowest BCUT2D eigenvalue weighted by molar-refractivity contribution is 0.604. The molecule has 2 aromatic rings. The molecule has 1 saturated carbocycles. The molecule has 2 aliphatic rings. The summed E-state index contributed by atoms with van der Waals surface area (Å²) in [4.78, 5) is 5.29. The second-order valence-electron chi connectivity index (χ2n) is 6.69. The minimum absolute atomic E-state index is 0.115. The quantitative estimate of drug-likeness (QED) is 0.618. The molecule has 6 heteroatoms. The molecule has 1 aliphatic heterocycles. The molecule has 0 bridgehead atoms. The van der Waals surface area contributed by atoms with E-state index in [0.29, 0.717) is 29.5 Å². The van der Waals surface area contributed by atoms with E-state index in [9.17, 15) is 8.78 Å². The van der Waals surface area contributed by atoms with Crippen molar-refractivity contribution in [2.45, 2.75) is 38.5 Å². The fourth-order valence-electron chi connectivity index (χ4n) is 3.58. The Morgan fingerprint density at radius 1 is 1.16 bits per heavy atom. The topological polar surface area (TPSA) is 63.8 Å². The summed E-state index contributed by atoms with van der Waals surface area (Å²) in [6.45, 7) is 1.54. The Kier molecular flexibility index (Phi) is 3.63. The van der Waals surface area contributed by atoms with Crippen LogP contribution in [0.1, 0.15) is 43.2 Å². The van der Waals surface area contributed by atoms with Crippen LogP contribution in [-0.2, 0) is 6.42 Å². The van der Waals surface area contributed by atoms with Gasteiger partial charge >= 0.3 is 0 Å². The zero-order valence-corrected chi connectivity index (χ0v) is 13.9. The Morgan fingerprint density at radius 2 is 1.92 bits per heavy atom. The van der Waals surface area contributed by atoms with Crippen molar-refractivity contribution < 1.29 is 8.78 Å². The first-order chi connectivity index (χ1) is 12.0. The molecule has 2 N–H and O–H groups in total. The number of hydrogen-bond acceptors (Lipinski definition) is 3. The third-order valence-corrected chi connectivity index (χ3v) is 4.84. The van der Waals surface area contributed by atoms with Crippen LogP contribution in [0.15, 0.2) is 24.5 Å². The van der Waals surface area contributed by atoms with Crippen LogP contribution in [0.25, 0.3) is 11.1 Å². The number of anilines is 1. The van der Waals surface area contributed by atoms with Crippen LogP contribution in [0.2, 0.25) is 0 Å². The maximum absolute atomic E-state index is 14.9. The van der Waals surface area contributed by atoms with Gasteiger partial charge in [0.15, 0.2) is 0 Å². The van der Waals surface area contributed by atoms with Crippen molar-refractivity contribution in [1.29, 1.82) is 10.8 Å². The Hall–Kier alpha value is -2.63. The smallest absolute Gasteiger partial charge is 0.148 e. The van der Waals surface area contributed by atoms with Gasteiger partial charge in [0.05, 0.1) is 11.9 Å². The van der Waals surface area contributed by atoms with E-state index >= 15 is 0 Å². The first-order valence-corrected chi connectivity index (χ1v) is 8.36. The van der Waals surface area contributed by atoms with Gasteiger partial charge in [0.2, 0.25) is 0 Å². The van der Waals surface area contributed by atoms with Crippen LogP contribution < -0.4 is 4.90 Å². The lowest BCUT2D eigenvalue weighted by Crippen LogP contribution is -2.38. The molecule has 2 heterocycles. The lowest BCUT2D eigenvalue weighted by Gasteiger charge is -2.31. The number of rotatable bonds is 2. The summed E-state index contributed by atoms with van der Waals surface area (Å²) >= 11 is 0. The van der Waals surface area contributed by atoms with Gasteiger partial charge in [-0.2, -0.15) is 0 Å². The van der Waals surface area contributed by atoms with Crippen LogP contribution >= 0.6 is 0 Å². The van der Waals surface area contributed by atoms with Gasteiger partial charge < -0.3 is 0 Å². The molecule has 1 aromatic heterocycles. The molecule has 0 atom stereocenters. The van der Waals surface area contributed by atoms with Gasteiger partial charge in [-0.25, -0.2) is 8.78 Å². The van der Waals surface area contributed by atoms with E-state index in [2.05, 4.69) is 4.98 Å². The zero-order chi connectivity index (χ0) is 17.7.